The summed E-state index contributed by atoms with van der Waals surface area (Å²) in [6, 6.07) is 4.56. The van der Waals surface area contributed by atoms with Crippen LogP contribution in [0.3, 0.4) is 0 Å². The van der Waals surface area contributed by atoms with Crippen molar-refractivity contribution in [2.24, 2.45) is 0 Å². The van der Waals surface area contributed by atoms with E-state index < -0.39 is 0 Å². The minimum atomic E-state index is 1.03. The van der Waals surface area contributed by atoms with E-state index in [1.807, 2.05) is 0 Å². The minimum Gasteiger partial charge on any atom is -0.305 e. The summed E-state index contributed by atoms with van der Waals surface area (Å²) in [4.78, 5) is 2.20. The van der Waals surface area contributed by atoms with Crippen LogP contribution in [0.2, 0.25) is 0 Å². The average molecular weight is 175 g/mol. The molecule has 70 valence electrons. The van der Waals surface area contributed by atoms with Gasteiger partial charge in [0.25, 0.3) is 0 Å². The van der Waals surface area contributed by atoms with Crippen LogP contribution in [-0.4, -0.2) is 26.8 Å². The van der Waals surface area contributed by atoms with E-state index in [2.05, 4.69) is 52.8 Å². The lowest BCUT2D eigenvalue weighted by Crippen LogP contribution is -2.16. The van der Waals surface area contributed by atoms with Crippen LogP contribution in [0.15, 0.2) is 12.1 Å². The summed E-state index contributed by atoms with van der Waals surface area (Å²) < 4.78 is 0. The van der Waals surface area contributed by atoms with Gasteiger partial charge in [-0.2, -0.15) is 0 Å². The molecule has 1 aromatic rings. The molecule has 0 aliphatic carbocycles. The SMILES string of the molecule is Bc1c(C)cc(CN(C)C)cc1C. The molecule has 1 rings (SSSR count). The first-order chi connectivity index (χ1) is 6.00. The van der Waals surface area contributed by atoms with Crippen LogP contribution in [-0.2, 0) is 6.54 Å². The van der Waals surface area contributed by atoms with E-state index in [1.165, 1.54) is 22.2 Å². The maximum atomic E-state index is 2.28. The van der Waals surface area contributed by atoms with Crippen LogP contribution in [0, 0.1) is 13.8 Å². The molecule has 0 heterocycles. The van der Waals surface area contributed by atoms with E-state index >= 15 is 0 Å². The second-order valence-corrected chi connectivity index (χ2v) is 4.09. The molecule has 0 aliphatic rings. The van der Waals surface area contributed by atoms with Gasteiger partial charge in [0.15, 0.2) is 0 Å². The first-order valence-corrected chi connectivity index (χ1v) is 4.72. The van der Waals surface area contributed by atoms with Crippen LogP contribution < -0.4 is 5.46 Å². The molecule has 1 nitrogen and oxygen atoms in total. The molecule has 0 saturated heterocycles. The molecule has 0 radical (unpaired) electrons. The molecule has 0 atom stereocenters. The Morgan fingerprint density at radius 3 is 2.00 bits per heavy atom. The van der Waals surface area contributed by atoms with Crippen LogP contribution in [0.1, 0.15) is 16.7 Å². The second-order valence-electron chi connectivity index (χ2n) is 4.09. The molecule has 0 spiro atoms. The van der Waals surface area contributed by atoms with Gasteiger partial charge in [-0.1, -0.05) is 28.7 Å². The van der Waals surface area contributed by atoms with Crippen LogP contribution in [0.25, 0.3) is 0 Å². The summed E-state index contributed by atoms with van der Waals surface area (Å²) in [6.45, 7) is 5.39. The fourth-order valence-corrected chi connectivity index (χ4v) is 1.58. The van der Waals surface area contributed by atoms with Crippen molar-refractivity contribution in [3.8, 4) is 0 Å². The van der Waals surface area contributed by atoms with E-state index in [1.54, 1.807) is 0 Å². The largest absolute Gasteiger partial charge is 0.305 e. The third-order valence-corrected chi connectivity index (χ3v) is 2.49. The second kappa shape index (κ2) is 3.97. The highest BCUT2D eigenvalue weighted by Gasteiger charge is 2.01. The summed E-state index contributed by atoms with van der Waals surface area (Å²) in [5.74, 6) is 0. The lowest BCUT2D eigenvalue weighted by Gasteiger charge is -2.13. The quantitative estimate of drug-likeness (QED) is 0.595. The molecule has 0 saturated carbocycles. The topological polar surface area (TPSA) is 3.24 Å². The Morgan fingerprint density at radius 1 is 1.15 bits per heavy atom. The first-order valence-electron chi connectivity index (χ1n) is 4.72. The molecule has 0 bridgehead atoms. The standard InChI is InChI=1S/C11H18BN/c1-8-5-10(7-13(3)4)6-9(2)11(8)12/h5-6H,7,12H2,1-4H3. The van der Waals surface area contributed by atoms with Crippen molar-refractivity contribution in [3.63, 3.8) is 0 Å². The lowest BCUT2D eigenvalue weighted by atomic mass is 9.85. The van der Waals surface area contributed by atoms with E-state index in [4.69, 9.17) is 0 Å². The zero-order valence-electron chi connectivity index (χ0n) is 9.31. The van der Waals surface area contributed by atoms with Gasteiger partial charge < -0.3 is 4.90 Å². The lowest BCUT2D eigenvalue weighted by molar-refractivity contribution is 0.402. The Hall–Kier alpha value is -0.755. The molecule has 2 heteroatoms. The van der Waals surface area contributed by atoms with Gasteiger partial charge in [0.1, 0.15) is 7.85 Å². The zero-order valence-corrected chi connectivity index (χ0v) is 9.31. The Kier molecular flexibility index (Phi) is 3.15. The maximum absolute atomic E-state index is 2.28. The number of hydrogen-bond acceptors (Lipinski definition) is 1. The fourth-order valence-electron chi connectivity index (χ4n) is 1.58. The van der Waals surface area contributed by atoms with Gasteiger partial charge in [0, 0.05) is 6.54 Å². The maximum Gasteiger partial charge on any atom is 0.139 e. The molecule has 0 N–H and O–H groups in total. The first kappa shape index (κ1) is 10.3. The molecule has 0 fully saturated rings. The fraction of sp³-hybridized carbons (Fsp3) is 0.455. The van der Waals surface area contributed by atoms with Crippen LogP contribution in [0.5, 0.6) is 0 Å². The highest BCUT2D eigenvalue weighted by atomic mass is 15.0. The minimum absolute atomic E-state index is 1.03. The summed E-state index contributed by atoms with van der Waals surface area (Å²) in [7, 11) is 6.39. The summed E-state index contributed by atoms with van der Waals surface area (Å²) in [6.07, 6.45) is 0. The smallest absolute Gasteiger partial charge is 0.139 e. The monoisotopic (exact) mass is 175 g/mol. The molecule has 0 unspecified atom stereocenters. The van der Waals surface area contributed by atoms with Gasteiger partial charge >= 0.3 is 0 Å². The Labute approximate surface area is 82.2 Å². The van der Waals surface area contributed by atoms with Crippen LogP contribution >= 0.6 is 0 Å². The number of nitrogens with zero attached hydrogens (tertiary/aromatic N) is 1. The molecular weight excluding hydrogens is 157 g/mol. The van der Waals surface area contributed by atoms with Crippen molar-refractivity contribution in [2.45, 2.75) is 20.4 Å². The predicted molar refractivity (Wildman–Crippen MR) is 61.5 cm³/mol. The molecular formula is C11H18BN. The normalized spacial score (nSPS) is 10.8. The number of benzene rings is 1. The highest BCUT2D eigenvalue weighted by molar-refractivity contribution is 6.34. The van der Waals surface area contributed by atoms with E-state index in [0.29, 0.717) is 0 Å². The predicted octanol–water partition coefficient (Wildman–Crippen LogP) is 0.623. The summed E-state index contributed by atoms with van der Waals surface area (Å²) >= 11 is 0. The van der Waals surface area contributed by atoms with Crippen molar-refractivity contribution in [3.05, 3.63) is 28.8 Å². The van der Waals surface area contributed by atoms with Gasteiger partial charge in [-0.25, -0.2) is 0 Å². The van der Waals surface area contributed by atoms with Gasteiger partial charge in [0.2, 0.25) is 0 Å². The molecule has 13 heavy (non-hydrogen) atoms. The Morgan fingerprint density at radius 2 is 1.62 bits per heavy atom. The molecule has 0 amide bonds. The Balaban J connectivity index is 2.99. The van der Waals surface area contributed by atoms with E-state index in [0.717, 1.165) is 6.54 Å². The highest BCUT2D eigenvalue weighted by Crippen LogP contribution is 2.07. The van der Waals surface area contributed by atoms with Gasteiger partial charge in [-0.15, -0.1) is 0 Å². The number of aryl methyl sites for hydroxylation is 2. The molecule has 0 aliphatic heterocycles. The third kappa shape index (κ3) is 2.59. The van der Waals surface area contributed by atoms with Crippen molar-refractivity contribution in [1.29, 1.82) is 0 Å². The Bertz CT molecular complexity index is 282. The summed E-state index contributed by atoms with van der Waals surface area (Å²) in [5, 5.41) is 0. The van der Waals surface area contributed by atoms with Gasteiger partial charge in [-0.3, -0.25) is 0 Å². The van der Waals surface area contributed by atoms with Crippen molar-refractivity contribution in [1.82, 2.24) is 4.90 Å². The molecule has 0 aromatic heterocycles. The van der Waals surface area contributed by atoms with Gasteiger partial charge in [0.05, 0.1) is 0 Å². The van der Waals surface area contributed by atoms with Crippen molar-refractivity contribution >= 4 is 13.3 Å². The van der Waals surface area contributed by atoms with E-state index in [-0.39, 0.29) is 0 Å². The number of hydrogen-bond donors (Lipinski definition) is 0. The average Bonchev–Trinajstić information content (AvgIpc) is 1.98. The van der Waals surface area contributed by atoms with Gasteiger partial charge in [-0.05, 0) is 33.5 Å². The third-order valence-electron chi connectivity index (χ3n) is 2.49. The zero-order chi connectivity index (χ0) is 10.0. The van der Waals surface area contributed by atoms with Crippen molar-refractivity contribution in [2.75, 3.05) is 14.1 Å². The van der Waals surface area contributed by atoms with E-state index in [9.17, 15) is 0 Å². The number of rotatable bonds is 2. The van der Waals surface area contributed by atoms with Crippen LogP contribution in [0.4, 0.5) is 0 Å². The summed E-state index contributed by atoms with van der Waals surface area (Å²) in [5.41, 5.74) is 5.63. The van der Waals surface area contributed by atoms with Crippen molar-refractivity contribution < 1.29 is 0 Å². The molecule has 1 aromatic carbocycles.